The first-order valence-electron chi connectivity index (χ1n) is 4.11. The van der Waals surface area contributed by atoms with Crippen molar-refractivity contribution in [1.82, 2.24) is 0 Å². The van der Waals surface area contributed by atoms with E-state index < -0.39 is 10.0 Å². The molecule has 6 heteroatoms. The van der Waals surface area contributed by atoms with E-state index in [1.54, 1.807) is 0 Å². The summed E-state index contributed by atoms with van der Waals surface area (Å²) in [5.41, 5.74) is 0. The van der Waals surface area contributed by atoms with Crippen molar-refractivity contribution in [3.8, 4) is 0 Å². The van der Waals surface area contributed by atoms with E-state index in [9.17, 15) is 8.42 Å². The van der Waals surface area contributed by atoms with E-state index in [4.69, 9.17) is 14.6 Å². The first-order chi connectivity index (χ1) is 5.92. The molecule has 0 amide bonds. The van der Waals surface area contributed by atoms with E-state index in [1.165, 1.54) is 0 Å². The number of sulfonamides is 1. The Morgan fingerprint density at radius 1 is 1.23 bits per heavy atom. The lowest BCUT2D eigenvalue weighted by atomic mass is 10.5. The smallest absolute Gasteiger partial charge is 0.211 e. The lowest BCUT2D eigenvalue weighted by molar-refractivity contribution is 0.0235. The molecule has 0 aromatic heterocycles. The van der Waals surface area contributed by atoms with Crippen LogP contribution in [0.4, 0.5) is 0 Å². The molecule has 0 aliphatic rings. The first-order valence-corrected chi connectivity index (χ1v) is 5.83. The average Bonchev–Trinajstić information content (AvgIpc) is 1.93. The van der Waals surface area contributed by atoms with Crippen LogP contribution in [0.1, 0.15) is 13.8 Å². The topological polar surface area (TPSA) is 78.6 Å². The van der Waals surface area contributed by atoms with Crippen LogP contribution < -0.4 is 5.14 Å². The zero-order valence-corrected chi connectivity index (χ0v) is 8.84. The maximum atomic E-state index is 10.4. The summed E-state index contributed by atoms with van der Waals surface area (Å²) in [6.45, 7) is 4.84. The molecular formula is C7H17NO4S. The second-order valence-electron chi connectivity index (χ2n) is 2.90. The number of rotatable bonds is 7. The lowest BCUT2D eigenvalue weighted by Crippen LogP contribution is -2.21. The summed E-state index contributed by atoms with van der Waals surface area (Å²) in [5.74, 6) is -0.144. The monoisotopic (exact) mass is 211 g/mol. The minimum atomic E-state index is -3.39. The van der Waals surface area contributed by atoms with Gasteiger partial charge in [-0.15, -0.1) is 0 Å². The highest BCUT2D eigenvalue weighted by atomic mass is 32.2. The predicted molar refractivity (Wildman–Crippen MR) is 49.9 cm³/mol. The van der Waals surface area contributed by atoms with Crippen molar-refractivity contribution >= 4 is 10.0 Å². The Morgan fingerprint density at radius 2 is 1.85 bits per heavy atom. The molecule has 0 saturated heterocycles. The lowest BCUT2D eigenvalue weighted by Gasteiger charge is -2.07. The van der Waals surface area contributed by atoms with Crippen molar-refractivity contribution in [3.63, 3.8) is 0 Å². The fraction of sp³-hybridized carbons (Fsp3) is 1.00. The maximum Gasteiger partial charge on any atom is 0.211 e. The third-order valence-electron chi connectivity index (χ3n) is 1.19. The van der Waals surface area contributed by atoms with Gasteiger partial charge in [0.05, 0.1) is 31.7 Å². The summed E-state index contributed by atoms with van der Waals surface area (Å²) in [7, 11) is -3.39. The molecule has 0 fully saturated rings. The number of primary sulfonamides is 1. The standard InChI is InChI=1S/C7H17NO4S/c1-7(2)12-4-3-11-5-6-13(8,9)10/h7H,3-6H2,1-2H3,(H2,8,9,10). The molecule has 5 nitrogen and oxygen atoms in total. The van der Waals surface area contributed by atoms with Crippen LogP contribution in [-0.4, -0.2) is 40.1 Å². The number of hydrogen-bond donors (Lipinski definition) is 1. The van der Waals surface area contributed by atoms with Gasteiger partial charge in [0, 0.05) is 0 Å². The number of hydrogen-bond acceptors (Lipinski definition) is 4. The molecule has 0 bridgehead atoms. The fourth-order valence-electron chi connectivity index (χ4n) is 0.620. The van der Waals surface area contributed by atoms with Crippen molar-refractivity contribution in [3.05, 3.63) is 0 Å². The van der Waals surface area contributed by atoms with E-state index in [2.05, 4.69) is 0 Å². The zero-order chi connectivity index (χ0) is 10.3. The summed E-state index contributed by atoms with van der Waals surface area (Å²) in [6.07, 6.45) is 0.168. The van der Waals surface area contributed by atoms with E-state index in [-0.39, 0.29) is 18.5 Å². The van der Waals surface area contributed by atoms with Crippen LogP contribution in [0.2, 0.25) is 0 Å². The van der Waals surface area contributed by atoms with Crippen LogP contribution in [0.15, 0.2) is 0 Å². The quantitative estimate of drug-likeness (QED) is 0.587. The normalized spacial score (nSPS) is 12.3. The second kappa shape index (κ2) is 6.31. The third-order valence-corrected chi connectivity index (χ3v) is 1.93. The van der Waals surface area contributed by atoms with Crippen LogP contribution in [-0.2, 0) is 19.5 Å². The van der Waals surface area contributed by atoms with Gasteiger partial charge in [0.2, 0.25) is 10.0 Å². The maximum absolute atomic E-state index is 10.4. The number of nitrogens with two attached hydrogens (primary N) is 1. The Labute approximate surface area is 79.3 Å². The van der Waals surface area contributed by atoms with Gasteiger partial charge in [0.25, 0.3) is 0 Å². The summed E-state index contributed by atoms with van der Waals surface area (Å²) >= 11 is 0. The Morgan fingerprint density at radius 3 is 2.31 bits per heavy atom. The van der Waals surface area contributed by atoms with E-state index in [1.807, 2.05) is 13.8 Å². The molecule has 0 spiro atoms. The van der Waals surface area contributed by atoms with Gasteiger partial charge in [-0.05, 0) is 13.8 Å². The average molecular weight is 211 g/mol. The van der Waals surface area contributed by atoms with Gasteiger partial charge in [-0.3, -0.25) is 0 Å². The van der Waals surface area contributed by atoms with E-state index >= 15 is 0 Å². The molecule has 13 heavy (non-hydrogen) atoms. The molecule has 2 N–H and O–H groups in total. The van der Waals surface area contributed by atoms with Crippen LogP contribution in [0.5, 0.6) is 0 Å². The molecular weight excluding hydrogens is 194 g/mol. The van der Waals surface area contributed by atoms with Gasteiger partial charge in [-0.1, -0.05) is 0 Å². The van der Waals surface area contributed by atoms with Gasteiger partial charge in [0.1, 0.15) is 0 Å². The van der Waals surface area contributed by atoms with Crippen molar-refractivity contribution in [2.45, 2.75) is 20.0 Å². The van der Waals surface area contributed by atoms with Crippen molar-refractivity contribution in [1.29, 1.82) is 0 Å². The Hall–Kier alpha value is -0.170. The fourth-order valence-corrected chi connectivity index (χ4v) is 0.970. The van der Waals surface area contributed by atoms with E-state index in [0.717, 1.165) is 0 Å². The highest BCUT2D eigenvalue weighted by Crippen LogP contribution is 1.87. The van der Waals surface area contributed by atoms with Crippen molar-refractivity contribution in [2.24, 2.45) is 5.14 Å². The second-order valence-corrected chi connectivity index (χ2v) is 4.63. The molecule has 0 saturated carbocycles. The molecule has 0 atom stereocenters. The third kappa shape index (κ3) is 11.8. The van der Waals surface area contributed by atoms with Crippen LogP contribution in [0.3, 0.4) is 0 Å². The highest BCUT2D eigenvalue weighted by Gasteiger charge is 2.01. The minimum absolute atomic E-state index is 0.125. The van der Waals surface area contributed by atoms with Crippen LogP contribution >= 0.6 is 0 Å². The molecule has 0 aromatic carbocycles. The molecule has 0 aliphatic carbocycles. The Bertz CT molecular complexity index is 213. The SMILES string of the molecule is CC(C)OCCOCCS(N)(=O)=O. The molecule has 80 valence electrons. The zero-order valence-electron chi connectivity index (χ0n) is 8.02. The van der Waals surface area contributed by atoms with Crippen molar-refractivity contribution < 1.29 is 17.9 Å². The van der Waals surface area contributed by atoms with Gasteiger partial charge in [0.15, 0.2) is 0 Å². The summed E-state index contributed by atoms with van der Waals surface area (Å²) in [6, 6.07) is 0. The Kier molecular flexibility index (Phi) is 6.23. The number of ether oxygens (including phenoxy) is 2. The molecule has 0 aliphatic heterocycles. The van der Waals surface area contributed by atoms with Crippen molar-refractivity contribution in [2.75, 3.05) is 25.6 Å². The molecule has 0 radical (unpaired) electrons. The molecule has 0 aromatic rings. The molecule has 0 unspecified atom stereocenters. The van der Waals surface area contributed by atoms with E-state index in [0.29, 0.717) is 13.2 Å². The Balaban J connectivity index is 3.18. The van der Waals surface area contributed by atoms with Crippen LogP contribution in [0, 0.1) is 0 Å². The van der Waals surface area contributed by atoms with Gasteiger partial charge in [-0.2, -0.15) is 0 Å². The van der Waals surface area contributed by atoms with Gasteiger partial charge >= 0.3 is 0 Å². The predicted octanol–water partition coefficient (Wildman–Crippen LogP) is -0.283. The van der Waals surface area contributed by atoms with Gasteiger partial charge in [-0.25, -0.2) is 13.6 Å². The van der Waals surface area contributed by atoms with Gasteiger partial charge < -0.3 is 9.47 Å². The summed E-state index contributed by atoms with van der Waals surface area (Å²) < 4.78 is 31.0. The largest absolute Gasteiger partial charge is 0.378 e. The summed E-state index contributed by atoms with van der Waals surface area (Å²) in [4.78, 5) is 0. The highest BCUT2D eigenvalue weighted by molar-refractivity contribution is 7.89. The molecule has 0 rings (SSSR count). The van der Waals surface area contributed by atoms with Crippen LogP contribution in [0.25, 0.3) is 0 Å². The molecule has 0 heterocycles. The summed E-state index contributed by atoms with van der Waals surface area (Å²) in [5, 5.41) is 4.76. The minimum Gasteiger partial charge on any atom is -0.378 e. The first kappa shape index (κ1) is 12.8.